The Morgan fingerprint density at radius 3 is 2.53 bits per heavy atom. The monoisotopic (exact) mass is 228 g/mol. The van der Waals surface area contributed by atoms with Crippen molar-refractivity contribution in [1.82, 2.24) is 0 Å². The summed E-state index contributed by atoms with van der Waals surface area (Å²) < 4.78 is 13.1. The number of halogens is 1. The van der Waals surface area contributed by atoms with Crippen molar-refractivity contribution in [3.8, 4) is 0 Å². The van der Waals surface area contributed by atoms with Gasteiger partial charge < -0.3 is 0 Å². The summed E-state index contributed by atoms with van der Waals surface area (Å²) in [4.78, 5) is 0. The number of hydrogen-bond acceptors (Lipinski definition) is 0. The van der Waals surface area contributed by atoms with E-state index < -0.39 is 5.91 Å². The average molecular weight is 228 g/mol. The molecule has 0 saturated heterocycles. The minimum absolute atomic E-state index is 0.556. The summed E-state index contributed by atoms with van der Waals surface area (Å²) >= 11 is 0. The van der Waals surface area contributed by atoms with E-state index in [1.54, 1.807) is 0 Å². The van der Waals surface area contributed by atoms with Crippen LogP contribution in [0.5, 0.6) is 0 Å². The van der Waals surface area contributed by atoms with Crippen molar-refractivity contribution in [2.45, 2.75) is 39.5 Å². The number of alkyl halides is 1. The number of rotatable bonds is 6. The second kappa shape index (κ2) is 8.85. The second-order valence-electron chi connectivity index (χ2n) is 3.65. The van der Waals surface area contributed by atoms with Gasteiger partial charge in [-0.05, 0) is 17.9 Å². The van der Waals surface area contributed by atoms with E-state index in [0.717, 1.165) is 12.8 Å². The van der Waals surface area contributed by atoms with E-state index >= 15 is 0 Å². The fraction of sp³-hybridized carbons (Fsp3) is 0.538. The molecule has 0 nitrogen and oxygen atoms in total. The lowest BCUT2D eigenvalue weighted by Gasteiger charge is -2.02. The molecule has 0 aromatic heterocycles. The lowest BCUT2D eigenvalue weighted by atomic mass is 10.1. The summed E-state index contributed by atoms with van der Waals surface area (Å²) in [7, 11) is 2.18. The van der Waals surface area contributed by atoms with Gasteiger partial charge in [0.25, 0.3) is 0 Å². The van der Waals surface area contributed by atoms with Crippen molar-refractivity contribution in [2.75, 3.05) is 0 Å². The molecular weight excluding hydrogens is 206 g/mol. The van der Waals surface area contributed by atoms with Gasteiger partial charge in [-0.25, -0.2) is 4.39 Å². The highest BCUT2D eigenvalue weighted by atomic mass is 31.0. The maximum Gasteiger partial charge on any atom is 0.138 e. The molecule has 0 aromatic rings. The lowest BCUT2D eigenvalue weighted by Crippen LogP contribution is -1.90. The minimum Gasteiger partial charge on any atom is -0.238 e. The number of allylic oxidation sites excluding steroid dienone is 6. The molecule has 0 fully saturated rings. The van der Waals surface area contributed by atoms with Gasteiger partial charge in [0.2, 0.25) is 0 Å². The first-order valence-corrected chi connectivity index (χ1v) is 6.23. The average Bonchev–Trinajstić information content (AvgIpc) is 2.22. The van der Waals surface area contributed by atoms with Gasteiger partial charge in [0.05, 0.1) is 0 Å². The summed E-state index contributed by atoms with van der Waals surface area (Å²) in [5.41, 5.74) is 0.710. The Labute approximate surface area is 95.5 Å². The fourth-order valence-corrected chi connectivity index (χ4v) is 1.21. The maximum absolute atomic E-state index is 13.1. The zero-order chi connectivity index (χ0) is 11.7. The first kappa shape index (κ1) is 14.6. The standard InChI is InChI=1S/C13H22FP/c1-4-6-9-12(13(14)15)10-7-8-11(3)5-2/h6-11,13H,4-5,15H2,1-3H3/b8-7+,9-6-,12-10+. The molecule has 3 atom stereocenters. The highest BCUT2D eigenvalue weighted by Gasteiger charge is 2.00. The van der Waals surface area contributed by atoms with Crippen LogP contribution in [0.25, 0.3) is 0 Å². The molecule has 0 aliphatic carbocycles. The highest BCUT2D eigenvalue weighted by molar-refractivity contribution is 7.17. The van der Waals surface area contributed by atoms with Gasteiger partial charge in [-0.3, -0.25) is 0 Å². The molecule has 0 spiro atoms. The van der Waals surface area contributed by atoms with Crippen LogP contribution in [-0.4, -0.2) is 5.91 Å². The smallest absolute Gasteiger partial charge is 0.138 e. The van der Waals surface area contributed by atoms with Gasteiger partial charge in [-0.2, -0.15) is 0 Å². The van der Waals surface area contributed by atoms with Crippen LogP contribution in [0.3, 0.4) is 0 Å². The SMILES string of the molecule is CC\C=C/C(=C\C=C\C(C)CC)C(F)P. The maximum atomic E-state index is 13.1. The predicted molar refractivity (Wildman–Crippen MR) is 70.7 cm³/mol. The Bertz CT molecular complexity index is 239. The van der Waals surface area contributed by atoms with Gasteiger partial charge in [0.15, 0.2) is 0 Å². The molecule has 0 bridgehead atoms. The lowest BCUT2D eigenvalue weighted by molar-refractivity contribution is 0.507. The zero-order valence-electron chi connectivity index (χ0n) is 9.91. The van der Waals surface area contributed by atoms with E-state index in [0.29, 0.717) is 11.5 Å². The molecule has 3 unspecified atom stereocenters. The molecule has 0 amide bonds. The molecule has 86 valence electrons. The second-order valence-corrected chi connectivity index (χ2v) is 4.23. The zero-order valence-corrected chi connectivity index (χ0v) is 11.1. The summed E-state index contributed by atoms with van der Waals surface area (Å²) in [6.45, 7) is 6.34. The third-order valence-electron chi connectivity index (χ3n) is 2.24. The molecule has 0 saturated carbocycles. The van der Waals surface area contributed by atoms with Crippen LogP contribution in [0.15, 0.2) is 36.0 Å². The molecule has 0 aliphatic rings. The van der Waals surface area contributed by atoms with E-state index in [-0.39, 0.29) is 0 Å². The minimum atomic E-state index is -0.977. The van der Waals surface area contributed by atoms with Crippen molar-refractivity contribution in [3.63, 3.8) is 0 Å². The van der Waals surface area contributed by atoms with Crippen molar-refractivity contribution >= 4 is 9.24 Å². The summed E-state index contributed by atoms with van der Waals surface area (Å²) in [5.74, 6) is -0.422. The van der Waals surface area contributed by atoms with E-state index in [1.807, 2.05) is 31.2 Å². The van der Waals surface area contributed by atoms with Crippen LogP contribution in [0.2, 0.25) is 0 Å². The summed E-state index contributed by atoms with van der Waals surface area (Å²) in [6.07, 6.45) is 11.8. The summed E-state index contributed by atoms with van der Waals surface area (Å²) in [6, 6.07) is 0. The van der Waals surface area contributed by atoms with Crippen LogP contribution in [0.1, 0.15) is 33.6 Å². The van der Waals surface area contributed by atoms with Crippen LogP contribution >= 0.6 is 9.24 Å². The molecular formula is C13H22FP. The largest absolute Gasteiger partial charge is 0.238 e. The molecule has 0 aliphatic heterocycles. The first-order valence-electron chi connectivity index (χ1n) is 5.56. The molecule has 15 heavy (non-hydrogen) atoms. The van der Waals surface area contributed by atoms with Crippen LogP contribution in [-0.2, 0) is 0 Å². The summed E-state index contributed by atoms with van der Waals surface area (Å²) in [5, 5.41) is 0. The van der Waals surface area contributed by atoms with E-state index in [9.17, 15) is 4.39 Å². The third-order valence-corrected chi connectivity index (χ3v) is 2.62. The Morgan fingerprint density at radius 2 is 2.07 bits per heavy atom. The molecule has 2 heteroatoms. The van der Waals surface area contributed by atoms with Gasteiger partial charge in [-0.15, -0.1) is 0 Å². The Morgan fingerprint density at radius 1 is 1.40 bits per heavy atom. The van der Waals surface area contributed by atoms with Crippen LogP contribution in [0.4, 0.5) is 4.39 Å². The van der Waals surface area contributed by atoms with Gasteiger partial charge in [0, 0.05) is 0 Å². The molecule has 0 N–H and O–H groups in total. The highest BCUT2D eigenvalue weighted by Crippen LogP contribution is 2.16. The van der Waals surface area contributed by atoms with Crippen molar-refractivity contribution in [3.05, 3.63) is 36.0 Å². The normalized spacial score (nSPS) is 17.5. The first-order chi connectivity index (χ1) is 7.11. The fourth-order valence-electron chi connectivity index (χ4n) is 0.986. The predicted octanol–water partition coefficient (Wildman–Crippen LogP) is 4.65. The molecule has 0 heterocycles. The molecule has 0 radical (unpaired) electrons. The molecule has 0 aromatic carbocycles. The van der Waals surface area contributed by atoms with Crippen LogP contribution < -0.4 is 0 Å². The topological polar surface area (TPSA) is 0 Å². The van der Waals surface area contributed by atoms with E-state index in [1.165, 1.54) is 0 Å². The Kier molecular flexibility index (Phi) is 8.61. The van der Waals surface area contributed by atoms with Crippen molar-refractivity contribution < 1.29 is 4.39 Å². The van der Waals surface area contributed by atoms with Gasteiger partial charge in [0.1, 0.15) is 5.91 Å². The van der Waals surface area contributed by atoms with Crippen molar-refractivity contribution in [2.24, 2.45) is 5.92 Å². The molecule has 0 rings (SSSR count). The Hall–Kier alpha value is -0.420. The van der Waals surface area contributed by atoms with E-state index in [2.05, 4.69) is 29.2 Å². The van der Waals surface area contributed by atoms with Gasteiger partial charge >= 0.3 is 0 Å². The van der Waals surface area contributed by atoms with Gasteiger partial charge in [-0.1, -0.05) is 66.8 Å². The van der Waals surface area contributed by atoms with E-state index in [4.69, 9.17) is 0 Å². The van der Waals surface area contributed by atoms with Crippen LogP contribution in [0, 0.1) is 5.92 Å². The van der Waals surface area contributed by atoms with Crippen molar-refractivity contribution in [1.29, 1.82) is 0 Å². The third kappa shape index (κ3) is 7.50. The quantitative estimate of drug-likeness (QED) is 0.458. The Balaban J connectivity index is 4.42. The number of hydrogen-bond donors (Lipinski definition) is 0.